The van der Waals surface area contributed by atoms with Crippen molar-refractivity contribution in [2.24, 2.45) is 0 Å². The molecule has 0 amide bonds. The summed E-state index contributed by atoms with van der Waals surface area (Å²) in [5.41, 5.74) is 3.30. The monoisotopic (exact) mass is 271 g/mol. The molecule has 4 nitrogen and oxygen atoms in total. The molecule has 2 aromatic rings. The molecular formula is C16H17NO3. The predicted molar refractivity (Wildman–Crippen MR) is 78.0 cm³/mol. The number of ether oxygens (including phenoxy) is 3. The molecule has 0 saturated heterocycles. The summed E-state index contributed by atoms with van der Waals surface area (Å²) in [6, 6.07) is 8.08. The summed E-state index contributed by atoms with van der Waals surface area (Å²) in [5.74, 6) is 2.27. The normalized spacial score (nSPS) is 12.8. The van der Waals surface area contributed by atoms with Crippen molar-refractivity contribution >= 4 is 11.8 Å². The third-order valence-corrected chi connectivity index (χ3v) is 3.58. The Labute approximate surface area is 118 Å². The molecule has 2 heterocycles. The van der Waals surface area contributed by atoms with E-state index in [0.717, 1.165) is 34.9 Å². The molecule has 4 heteroatoms. The van der Waals surface area contributed by atoms with E-state index in [1.807, 2.05) is 24.3 Å². The molecule has 1 aliphatic heterocycles. The van der Waals surface area contributed by atoms with Crippen LogP contribution in [0.1, 0.15) is 16.8 Å². The lowest BCUT2D eigenvalue weighted by molar-refractivity contribution is 0.352. The molecule has 20 heavy (non-hydrogen) atoms. The Morgan fingerprint density at radius 3 is 2.45 bits per heavy atom. The molecule has 0 saturated carbocycles. The van der Waals surface area contributed by atoms with Gasteiger partial charge in [0.25, 0.3) is 0 Å². The summed E-state index contributed by atoms with van der Waals surface area (Å²) >= 11 is 0. The van der Waals surface area contributed by atoms with Gasteiger partial charge in [0, 0.05) is 30.1 Å². The lowest BCUT2D eigenvalue weighted by Crippen LogP contribution is -2.02. The fraction of sp³-hybridized carbons (Fsp3) is 0.250. The van der Waals surface area contributed by atoms with Gasteiger partial charge < -0.3 is 18.8 Å². The topological polar surface area (TPSA) is 32.6 Å². The zero-order valence-corrected chi connectivity index (χ0v) is 11.8. The number of fused-ring (bicyclic) bond motifs is 2. The summed E-state index contributed by atoms with van der Waals surface area (Å²) in [7, 11) is 4.97. The Morgan fingerprint density at radius 2 is 1.75 bits per heavy atom. The van der Waals surface area contributed by atoms with E-state index in [9.17, 15) is 0 Å². The van der Waals surface area contributed by atoms with Gasteiger partial charge in [0.2, 0.25) is 0 Å². The molecule has 0 atom stereocenters. The van der Waals surface area contributed by atoms with Crippen LogP contribution in [-0.4, -0.2) is 25.9 Å². The van der Waals surface area contributed by atoms with E-state index in [4.69, 9.17) is 14.2 Å². The molecule has 3 rings (SSSR count). The van der Waals surface area contributed by atoms with Crippen LogP contribution in [0, 0.1) is 0 Å². The fourth-order valence-corrected chi connectivity index (χ4v) is 2.55. The second-order valence-corrected chi connectivity index (χ2v) is 4.64. The van der Waals surface area contributed by atoms with E-state index in [1.54, 1.807) is 21.3 Å². The van der Waals surface area contributed by atoms with Crippen LogP contribution in [0.5, 0.6) is 11.5 Å². The van der Waals surface area contributed by atoms with Gasteiger partial charge >= 0.3 is 0 Å². The molecule has 1 aliphatic rings. The van der Waals surface area contributed by atoms with Crippen LogP contribution in [0.15, 0.2) is 30.5 Å². The molecule has 0 bridgehead atoms. The number of hydrogen-bond donors (Lipinski definition) is 0. The van der Waals surface area contributed by atoms with E-state index in [-0.39, 0.29) is 0 Å². The average molecular weight is 271 g/mol. The largest absolute Gasteiger partial charge is 0.496 e. The van der Waals surface area contributed by atoms with Crippen LogP contribution in [-0.2, 0) is 11.3 Å². The van der Waals surface area contributed by atoms with Gasteiger partial charge in [-0.1, -0.05) is 0 Å². The van der Waals surface area contributed by atoms with E-state index < -0.39 is 0 Å². The third kappa shape index (κ3) is 1.93. The van der Waals surface area contributed by atoms with Crippen LogP contribution in [0.3, 0.4) is 0 Å². The van der Waals surface area contributed by atoms with Crippen LogP contribution >= 0.6 is 0 Å². The average Bonchev–Trinajstić information content (AvgIpc) is 2.85. The summed E-state index contributed by atoms with van der Waals surface area (Å²) in [5, 5.41) is 0. The molecular weight excluding hydrogens is 254 g/mol. The van der Waals surface area contributed by atoms with Crippen LogP contribution in [0.2, 0.25) is 0 Å². The minimum Gasteiger partial charge on any atom is -0.496 e. The standard InChI is InChI=1S/C16H17NO3/c1-18-14-8-12-5-4-6-17(12)10-11-7-15(19-2)16(20-3)9-13(11)14/h4-9H,10H2,1-3H3. The Balaban J connectivity index is 2.21. The first-order valence-corrected chi connectivity index (χ1v) is 6.43. The third-order valence-electron chi connectivity index (χ3n) is 3.58. The van der Waals surface area contributed by atoms with Crippen LogP contribution < -0.4 is 9.47 Å². The lowest BCUT2D eigenvalue weighted by Gasteiger charge is -2.15. The highest BCUT2D eigenvalue weighted by Gasteiger charge is 2.18. The smallest absolute Gasteiger partial charge is 0.161 e. The highest BCUT2D eigenvalue weighted by Crippen LogP contribution is 2.36. The van der Waals surface area contributed by atoms with Gasteiger partial charge in [0.1, 0.15) is 5.76 Å². The van der Waals surface area contributed by atoms with E-state index in [2.05, 4.69) is 16.8 Å². The summed E-state index contributed by atoms with van der Waals surface area (Å²) < 4.78 is 18.5. The summed E-state index contributed by atoms with van der Waals surface area (Å²) in [6.45, 7) is 0.779. The van der Waals surface area contributed by atoms with E-state index >= 15 is 0 Å². The molecule has 104 valence electrons. The minimum absolute atomic E-state index is 0.709. The fourth-order valence-electron chi connectivity index (χ4n) is 2.55. The summed E-state index contributed by atoms with van der Waals surface area (Å²) in [6.07, 6.45) is 4.10. The lowest BCUT2D eigenvalue weighted by atomic mass is 10.0. The molecule has 0 unspecified atom stereocenters. The quantitative estimate of drug-likeness (QED) is 0.860. The Bertz CT molecular complexity index is 670. The molecule has 0 radical (unpaired) electrons. The van der Waals surface area contributed by atoms with Gasteiger partial charge in [-0.3, -0.25) is 0 Å². The van der Waals surface area contributed by atoms with Crippen molar-refractivity contribution in [3.8, 4) is 11.5 Å². The molecule has 0 spiro atoms. The number of methoxy groups -OCH3 is 3. The molecule has 1 aromatic heterocycles. The maximum atomic E-state index is 5.55. The van der Waals surface area contributed by atoms with Gasteiger partial charge in [-0.15, -0.1) is 0 Å². The number of rotatable bonds is 3. The maximum absolute atomic E-state index is 5.55. The summed E-state index contributed by atoms with van der Waals surface area (Å²) in [4.78, 5) is 0. The number of benzene rings is 1. The number of aromatic nitrogens is 1. The second kappa shape index (κ2) is 4.96. The second-order valence-electron chi connectivity index (χ2n) is 4.64. The SMILES string of the molecule is COC1=Cc2cccn2Cc2cc(OC)c(OC)cc21. The highest BCUT2D eigenvalue weighted by atomic mass is 16.5. The van der Waals surface area contributed by atoms with Crippen molar-refractivity contribution in [2.45, 2.75) is 6.54 Å². The van der Waals surface area contributed by atoms with Crippen LogP contribution in [0.4, 0.5) is 0 Å². The van der Waals surface area contributed by atoms with Crippen molar-refractivity contribution in [3.63, 3.8) is 0 Å². The van der Waals surface area contributed by atoms with E-state index in [0.29, 0.717) is 5.75 Å². The first-order valence-electron chi connectivity index (χ1n) is 6.43. The molecule has 1 aromatic carbocycles. The molecule has 0 fully saturated rings. The number of hydrogen-bond acceptors (Lipinski definition) is 3. The van der Waals surface area contributed by atoms with Gasteiger partial charge in [-0.05, 0) is 29.8 Å². The maximum Gasteiger partial charge on any atom is 0.161 e. The Morgan fingerprint density at radius 1 is 1.00 bits per heavy atom. The van der Waals surface area contributed by atoms with Crippen LogP contribution in [0.25, 0.3) is 11.8 Å². The molecule has 0 N–H and O–H groups in total. The van der Waals surface area contributed by atoms with Crippen molar-refractivity contribution in [3.05, 3.63) is 47.3 Å². The first-order chi connectivity index (χ1) is 9.76. The van der Waals surface area contributed by atoms with Gasteiger partial charge in [0.05, 0.1) is 21.3 Å². The van der Waals surface area contributed by atoms with Gasteiger partial charge in [0.15, 0.2) is 11.5 Å². The van der Waals surface area contributed by atoms with Crippen molar-refractivity contribution in [2.75, 3.05) is 21.3 Å². The van der Waals surface area contributed by atoms with E-state index in [1.165, 1.54) is 0 Å². The predicted octanol–water partition coefficient (Wildman–Crippen LogP) is 3.01. The number of nitrogens with zero attached hydrogens (tertiary/aromatic N) is 1. The van der Waals surface area contributed by atoms with Crippen molar-refractivity contribution in [1.82, 2.24) is 4.57 Å². The van der Waals surface area contributed by atoms with Crippen molar-refractivity contribution in [1.29, 1.82) is 0 Å². The zero-order valence-electron chi connectivity index (χ0n) is 11.8. The first kappa shape index (κ1) is 12.7. The molecule has 0 aliphatic carbocycles. The van der Waals surface area contributed by atoms with Crippen molar-refractivity contribution < 1.29 is 14.2 Å². The Kier molecular flexibility index (Phi) is 3.14. The zero-order chi connectivity index (χ0) is 14.1. The van der Waals surface area contributed by atoms with Gasteiger partial charge in [-0.2, -0.15) is 0 Å². The van der Waals surface area contributed by atoms with Gasteiger partial charge in [-0.25, -0.2) is 0 Å². The highest BCUT2D eigenvalue weighted by molar-refractivity contribution is 5.80. The minimum atomic E-state index is 0.709. The Hall–Kier alpha value is -2.36.